The second-order valence-electron chi connectivity index (χ2n) is 9.50. The maximum atomic E-state index is 13.4. The molecule has 3 aromatic heterocycles. The van der Waals surface area contributed by atoms with Gasteiger partial charge in [0, 0.05) is 12.1 Å². The van der Waals surface area contributed by atoms with Crippen molar-refractivity contribution in [1.29, 1.82) is 0 Å². The monoisotopic (exact) mass is 469 g/mol. The number of aliphatic hydroxyl groups excluding tert-OH is 2. The number of amides is 1. The Morgan fingerprint density at radius 1 is 1.21 bits per heavy atom. The third kappa shape index (κ3) is 4.27. The first-order valence-corrected chi connectivity index (χ1v) is 12.0. The van der Waals surface area contributed by atoms with Crippen LogP contribution in [-0.4, -0.2) is 55.5 Å². The second-order valence-corrected chi connectivity index (χ2v) is 9.50. The van der Waals surface area contributed by atoms with Crippen LogP contribution in [0.4, 0.5) is 0 Å². The highest BCUT2D eigenvalue weighted by molar-refractivity contribution is 5.95. The summed E-state index contributed by atoms with van der Waals surface area (Å²) in [5.41, 5.74) is -0.275. The van der Waals surface area contributed by atoms with E-state index in [4.69, 9.17) is 9.15 Å². The largest absolute Gasteiger partial charge is 0.489 e. The summed E-state index contributed by atoms with van der Waals surface area (Å²) in [5, 5.41) is 31.0. The van der Waals surface area contributed by atoms with Crippen LogP contribution in [0.15, 0.2) is 22.7 Å². The van der Waals surface area contributed by atoms with Gasteiger partial charge in [-0.25, -0.2) is 4.98 Å². The van der Waals surface area contributed by atoms with Gasteiger partial charge in [-0.3, -0.25) is 9.20 Å². The topological polar surface area (TPSA) is 135 Å². The van der Waals surface area contributed by atoms with Crippen LogP contribution >= 0.6 is 0 Å². The van der Waals surface area contributed by atoms with Crippen LogP contribution in [0.25, 0.3) is 5.65 Å². The molecule has 3 aromatic rings. The number of rotatable bonds is 9. The number of fused-ring (bicyclic) bond motifs is 1. The number of nitrogens with one attached hydrogen (secondary N) is 1. The van der Waals surface area contributed by atoms with E-state index in [1.54, 1.807) is 17.5 Å². The molecule has 0 saturated heterocycles. The minimum Gasteiger partial charge on any atom is -0.489 e. The number of aromatic nitrogens is 4. The van der Waals surface area contributed by atoms with Gasteiger partial charge >= 0.3 is 0 Å². The molecule has 182 valence electrons. The molecule has 2 saturated carbocycles. The van der Waals surface area contributed by atoms with E-state index in [2.05, 4.69) is 20.5 Å². The van der Waals surface area contributed by atoms with E-state index in [-0.39, 0.29) is 17.5 Å². The summed E-state index contributed by atoms with van der Waals surface area (Å²) in [6.45, 7) is 1.16. The summed E-state index contributed by atoms with van der Waals surface area (Å²) in [4.78, 5) is 18.0. The lowest BCUT2D eigenvalue weighted by atomic mass is 9.90. The summed E-state index contributed by atoms with van der Waals surface area (Å²) in [6.07, 6.45) is 9.79. The maximum absolute atomic E-state index is 13.4. The highest BCUT2D eigenvalue weighted by Gasteiger charge is 2.41. The summed E-state index contributed by atoms with van der Waals surface area (Å²) >= 11 is 0. The van der Waals surface area contributed by atoms with Crippen molar-refractivity contribution in [1.82, 2.24) is 24.9 Å². The van der Waals surface area contributed by atoms with Gasteiger partial charge in [-0.1, -0.05) is 19.3 Å². The van der Waals surface area contributed by atoms with E-state index in [0.717, 1.165) is 12.8 Å². The highest BCUT2D eigenvalue weighted by Crippen LogP contribution is 2.40. The van der Waals surface area contributed by atoms with Gasteiger partial charge in [-0.05, 0) is 50.7 Å². The molecule has 2 aliphatic rings. The van der Waals surface area contributed by atoms with Crippen molar-refractivity contribution >= 4 is 11.6 Å². The fourth-order valence-electron chi connectivity index (χ4n) is 4.62. The zero-order valence-corrected chi connectivity index (χ0v) is 19.4. The molecule has 10 nitrogen and oxygen atoms in total. The molecule has 0 aromatic carbocycles. The second kappa shape index (κ2) is 9.34. The quantitative estimate of drug-likeness (QED) is 0.435. The summed E-state index contributed by atoms with van der Waals surface area (Å²) in [7, 11) is 0. The molecule has 34 heavy (non-hydrogen) atoms. The van der Waals surface area contributed by atoms with E-state index in [0.29, 0.717) is 35.5 Å². The molecule has 0 bridgehead atoms. The molecule has 0 unspecified atom stereocenters. The molecule has 2 aliphatic carbocycles. The zero-order chi connectivity index (χ0) is 23.7. The molecule has 3 N–H and O–H groups in total. The van der Waals surface area contributed by atoms with E-state index < -0.39 is 24.7 Å². The Labute approximate surface area is 197 Å². The van der Waals surface area contributed by atoms with Crippen molar-refractivity contribution < 1.29 is 24.2 Å². The van der Waals surface area contributed by atoms with Crippen LogP contribution in [0.5, 0.6) is 5.75 Å². The number of aliphatic hydroxyl groups is 2. The number of pyridine rings is 1. The minimum atomic E-state index is -1.61. The highest BCUT2D eigenvalue weighted by atomic mass is 16.5. The molecule has 10 heteroatoms. The lowest BCUT2D eigenvalue weighted by Gasteiger charge is -2.27. The standard InChI is InChI=1S/C24H31N5O5/c1-15-19(21(32)26-24(13-30,14-31)23-28-27-22(34-23)17-9-10-17)29-11-5-8-18(20(29)25-15)33-12-16-6-3-2-4-7-16/h5,8,11,16-17,30-31H,2-4,6-7,9-10,12-14H2,1H3,(H,26,32). The van der Waals surface area contributed by atoms with Gasteiger partial charge in [0.15, 0.2) is 16.9 Å². The third-order valence-electron chi connectivity index (χ3n) is 6.87. The SMILES string of the molecule is Cc1nc2c(OCC3CCCCC3)cccn2c1C(=O)NC(CO)(CO)c1nnc(C2CC2)o1. The number of nitrogens with zero attached hydrogens (tertiary/aromatic N) is 4. The van der Waals surface area contributed by atoms with Crippen molar-refractivity contribution in [2.75, 3.05) is 19.8 Å². The molecule has 0 spiro atoms. The smallest absolute Gasteiger partial charge is 0.271 e. The van der Waals surface area contributed by atoms with Crippen LogP contribution in [0.3, 0.4) is 0 Å². The average molecular weight is 470 g/mol. The first-order chi connectivity index (χ1) is 16.5. The number of imidazole rings is 1. The van der Waals surface area contributed by atoms with Crippen LogP contribution in [0.1, 0.15) is 78.8 Å². The van der Waals surface area contributed by atoms with Crippen LogP contribution in [0, 0.1) is 12.8 Å². The van der Waals surface area contributed by atoms with Crippen molar-refractivity contribution in [3.8, 4) is 5.75 Å². The number of hydrogen-bond donors (Lipinski definition) is 3. The maximum Gasteiger partial charge on any atom is 0.271 e. The Kier molecular flexibility index (Phi) is 6.26. The summed E-state index contributed by atoms with van der Waals surface area (Å²) in [6, 6.07) is 3.67. The molecule has 5 rings (SSSR count). The zero-order valence-electron chi connectivity index (χ0n) is 19.4. The van der Waals surface area contributed by atoms with E-state index in [1.807, 2.05) is 12.1 Å². The lowest BCUT2D eigenvalue weighted by molar-refractivity contribution is 0.0535. The van der Waals surface area contributed by atoms with Gasteiger partial charge in [-0.2, -0.15) is 0 Å². The molecule has 0 atom stereocenters. The summed E-state index contributed by atoms with van der Waals surface area (Å²) in [5.74, 6) is 1.29. The van der Waals surface area contributed by atoms with E-state index in [9.17, 15) is 15.0 Å². The fraction of sp³-hybridized carbons (Fsp3) is 0.583. The Balaban J connectivity index is 1.40. The Morgan fingerprint density at radius 2 is 1.97 bits per heavy atom. The van der Waals surface area contributed by atoms with Crippen molar-refractivity contribution in [3.05, 3.63) is 41.5 Å². The van der Waals surface area contributed by atoms with Gasteiger partial charge in [0.2, 0.25) is 11.8 Å². The minimum absolute atomic E-state index is 0.0178. The molecule has 0 radical (unpaired) electrons. The first kappa shape index (κ1) is 22.8. The molecule has 1 amide bonds. The number of ether oxygens (including phenoxy) is 1. The van der Waals surface area contributed by atoms with Crippen LogP contribution in [0.2, 0.25) is 0 Å². The lowest BCUT2D eigenvalue weighted by Crippen LogP contribution is -2.52. The fourth-order valence-corrected chi connectivity index (χ4v) is 4.62. The van der Waals surface area contributed by atoms with Gasteiger partial charge < -0.3 is 24.7 Å². The van der Waals surface area contributed by atoms with Gasteiger partial charge in [-0.15, -0.1) is 10.2 Å². The number of carbonyl (C=O) groups is 1. The Bertz CT molecular complexity index is 1160. The molecule has 3 heterocycles. The predicted octanol–water partition coefficient (Wildman–Crippen LogP) is 2.47. The molecule has 2 fully saturated rings. The van der Waals surface area contributed by atoms with E-state index >= 15 is 0 Å². The first-order valence-electron chi connectivity index (χ1n) is 12.0. The molecular weight excluding hydrogens is 438 g/mol. The van der Waals surface area contributed by atoms with Crippen LogP contribution < -0.4 is 10.1 Å². The van der Waals surface area contributed by atoms with E-state index in [1.165, 1.54) is 32.1 Å². The number of aryl methyl sites for hydroxylation is 1. The number of hydrogen-bond acceptors (Lipinski definition) is 8. The van der Waals surface area contributed by atoms with Crippen molar-refractivity contribution in [3.63, 3.8) is 0 Å². The normalized spacial score (nSPS) is 17.3. The average Bonchev–Trinajstić information content (AvgIpc) is 3.48. The van der Waals surface area contributed by atoms with Gasteiger partial charge in [0.05, 0.1) is 25.5 Å². The number of carbonyl (C=O) groups excluding carboxylic acids is 1. The Hall–Kier alpha value is -2.98. The van der Waals surface area contributed by atoms with Gasteiger partial charge in [0.1, 0.15) is 5.69 Å². The molecule has 0 aliphatic heterocycles. The van der Waals surface area contributed by atoms with Crippen LogP contribution in [-0.2, 0) is 5.54 Å². The summed E-state index contributed by atoms with van der Waals surface area (Å²) < 4.78 is 13.5. The molecular formula is C24H31N5O5. The predicted molar refractivity (Wildman–Crippen MR) is 122 cm³/mol. The van der Waals surface area contributed by atoms with Crippen molar-refractivity contribution in [2.45, 2.75) is 63.3 Å². The van der Waals surface area contributed by atoms with Gasteiger partial charge in [0.25, 0.3) is 5.91 Å². The van der Waals surface area contributed by atoms with Crippen molar-refractivity contribution in [2.24, 2.45) is 5.92 Å². The third-order valence-corrected chi connectivity index (χ3v) is 6.87. The Morgan fingerprint density at radius 3 is 2.68 bits per heavy atom.